The number of anilines is 1. The Bertz CT molecular complexity index is 839. The molecule has 0 amide bonds. The molecule has 1 heterocycles. The molecule has 21 heavy (non-hydrogen) atoms. The van der Waals surface area contributed by atoms with Crippen LogP contribution in [0.5, 0.6) is 5.75 Å². The van der Waals surface area contributed by atoms with Crippen molar-refractivity contribution >= 4 is 34.2 Å². The van der Waals surface area contributed by atoms with Gasteiger partial charge in [0.05, 0.1) is 0 Å². The Labute approximate surface area is 126 Å². The minimum Gasteiger partial charge on any atom is -0.424 e. The van der Waals surface area contributed by atoms with Gasteiger partial charge in [0.2, 0.25) is 0 Å². The van der Waals surface area contributed by atoms with Crippen LogP contribution in [0.4, 0.5) is 5.69 Å². The minimum absolute atomic E-state index is 0.354. The summed E-state index contributed by atoms with van der Waals surface area (Å²) >= 11 is 5.92. The Hall–Kier alpha value is -2.46. The van der Waals surface area contributed by atoms with Crippen molar-refractivity contribution in [2.45, 2.75) is 6.92 Å². The van der Waals surface area contributed by atoms with E-state index in [4.69, 9.17) is 22.1 Å². The highest BCUT2D eigenvalue weighted by Crippen LogP contribution is 2.33. The summed E-state index contributed by atoms with van der Waals surface area (Å²) in [7, 11) is 0. The molecule has 3 aromatic rings. The number of esters is 1. The first-order valence-corrected chi connectivity index (χ1v) is 6.77. The predicted molar refractivity (Wildman–Crippen MR) is 84.5 cm³/mol. The largest absolute Gasteiger partial charge is 0.424 e. The maximum absolute atomic E-state index is 11.1. The third-order valence-corrected chi connectivity index (χ3v) is 3.46. The molecule has 0 saturated carbocycles. The van der Waals surface area contributed by atoms with Crippen molar-refractivity contribution in [1.29, 1.82) is 0 Å². The minimum atomic E-state index is -0.354. The van der Waals surface area contributed by atoms with Crippen LogP contribution in [0.15, 0.2) is 42.6 Å². The number of halogens is 1. The molecule has 3 rings (SSSR count). The normalized spacial score (nSPS) is 10.8. The molecule has 5 heteroatoms. The number of benzene rings is 2. The molecule has 0 fully saturated rings. The number of nitrogen functional groups attached to an aromatic ring is 1. The molecular formula is C16H13ClN2O2. The Balaban J connectivity index is 2.13. The molecule has 0 radical (unpaired) electrons. The van der Waals surface area contributed by atoms with Gasteiger partial charge in [-0.1, -0.05) is 23.7 Å². The quantitative estimate of drug-likeness (QED) is 0.555. The second-order valence-corrected chi connectivity index (χ2v) is 5.17. The lowest BCUT2D eigenvalue weighted by molar-refractivity contribution is -0.131. The van der Waals surface area contributed by atoms with E-state index in [0.29, 0.717) is 16.5 Å². The van der Waals surface area contributed by atoms with E-state index in [0.717, 1.165) is 22.0 Å². The summed E-state index contributed by atoms with van der Waals surface area (Å²) in [4.78, 5) is 14.2. The standard InChI is InChI=1S/C16H13ClN2O2/c1-9(20)21-16-8-19-15-5-2-10(6-13(15)16)12-4-3-11(17)7-14(12)18/h2-8,19H,18H2,1H3. The molecule has 0 atom stereocenters. The highest BCUT2D eigenvalue weighted by Gasteiger charge is 2.10. The van der Waals surface area contributed by atoms with Crippen LogP contribution in [0.25, 0.3) is 22.0 Å². The molecule has 2 aromatic carbocycles. The zero-order chi connectivity index (χ0) is 15.0. The van der Waals surface area contributed by atoms with Crippen LogP contribution >= 0.6 is 11.6 Å². The number of hydrogen-bond acceptors (Lipinski definition) is 3. The fourth-order valence-electron chi connectivity index (χ4n) is 2.30. The predicted octanol–water partition coefficient (Wildman–Crippen LogP) is 4.00. The molecule has 0 unspecified atom stereocenters. The third kappa shape index (κ3) is 2.58. The number of fused-ring (bicyclic) bond motifs is 1. The maximum Gasteiger partial charge on any atom is 0.308 e. The second kappa shape index (κ2) is 5.14. The van der Waals surface area contributed by atoms with E-state index in [2.05, 4.69) is 4.98 Å². The Morgan fingerprint density at radius 3 is 2.76 bits per heavy atom. The summed E-state index contributed by atoms with van der Waals surface area (Å²) < 4.78 is 5.19. The fourth-order valence-corrected chi connectivity index (χ4v) is 2.48. The number of carbonyl (C=O) groups excluding carboxylic acids is 1. The monoisotopic (exact) mass is 300 g/mol. The van der Waals surface area contributed by atoms with Crippen LogP contribution in [-0.4, -0.2) is 11.0 Å². The molecule has 0 spiro atoms. The van der Waals surface area contributed by atoms with Gasteiger partial charge < -0.3 is 15.5 Å². The zero-order valence-corrected chi connectivity index (χ0v) is 12.1. The molecule has 4 nitrogen and oxygen atoms in total. The van der Waals surface area contributed by atoms with Crippen molar-refractivity contribution in [3.8, 4) is 16.9 Å². The molecule has 0 aliphatic carbocycles. The molecule has 0 saturated heterocycles. The number of carbonyl (C=O) groups is 1. The first-order valence-electron chi connectivity index (χ1n) is 6.39. The zero-order valence-electron chi connectivity index (χ0n) is 11.3. The second-order valence-electron chi connectivity index (χ2n) is 4.74. The number of H-pyrrole nitrogens is 1. The van der Waals surface area contributed by atoms with E-state index in [1.807, 2.05) is 24.3 Å². The van der Waals surface area contributed by atoms with E-state index in [-0.39, 0.29) is 5.97 Å². The van der Waals surface area contributed by atoms with Gasteiger partial charge in [0, 0.05) is 40.3 Å². The first-order chi connectivity index (χ1) is 10.0. The topological polar surface area (TPSA) is 68.1 Å². The van der Waals surface area contributed by atoms with Gasteiger partial charge in [-0.25, -0.2) is 0 Å². The molecular weight excluding hydrogens is 288 g/mol. The first kappa shape index (κ1) is 13.5. The van der Waals surface area contributed by atoms with Crippen molar-refractivity contribution < 1.29 is 9.53 Å². The highest BCUT2D eigenvalue weighted by molar-refractivity contribution is 6.31. The van der Waals surface area contributed by atoms with Crippen LogP contribution in [0.1, 0.15) is 6.92 Å². The Morgan fingerprint density at radius 1 is 1.24 bits per heavy atom. The SMILES string of the molecule is CC(=O)Oc1c[nH]c2ccc(-c3ccc(Cl)cc3N)cc12. The van der Waals surface area contributed by atoms with Gasteiger partial charge >= 0.3 is 5.97 Å². The number of nitrogens with one attached hydrogen (secondary N) is 1. The van der Waals surface area contributed by atoms with E-state index in [9.17, 15) is 4.79 Å². The Kier molecular flexibility index (Phi) is 3.31. The van der Waals surface area contributed by atoms with Gasteiger partial charge in [0.15, 0.2) is 5.75 Å². The van der Waals surface area contributed by atoms with Gasteiger partial charge in [-0.2, -0.15) is 0 Å². The number of nitrogens with two attached hydrogens (primary N) is 1. The van der Waals surface area contributed by atoms with Crippen LogP contribution < -0.4 is 10.5 Å². The van der Waals surface area contributed by atoms with Crippen molar-refractivity contribution in [2.24, 2.45) is 0 Å². The summed E-state index contributed by atoms with van der Waals surface area (Å²) in [5, 5.41) is 1.43. The third-order valence-electron chi connectivity index (χ3n) is 3.22. The van der Waals surface area contributed by atoms with Crippen molar-refractivity contribution in [1.82, 2.24) is 4.98 Å². The number of hydrogen-bond donors (Lipinski definition) is 2. The van der Waals surface area contributed by atoms with E-state index in [1.54, 1.807) is 18.3 Å². The fraction of sp³-hybridized carbons (Fsp3) is 0.0625. The van der Waals surface area contributed by atoms with E-state index >= 15 is 0 Å². The molecule has 0 aliphatic heterocycles. The summed E-state index contributed by atoms with van der Waals surface area (Å²) in [6.45, 7) is 1.37. The van der Waals surface area contributed by atoms with Gasteiger partial charge in [-0.3, -0.25) is 4.79 Å². The molecule has 3 N–H and O–H groups in total. The lowest BCUT2D eigenvalue weighted by Crippen LogP contribution is -2.00. The van der Waals surface area contributed by atoms with Crippen LogP contribution in [0, 0.1) is 0 Å². The van der Waals surface area contributed by atoms with Gasteiger partial charge in [-0.15, -0.1) is 0 Å². The van der Waals surface area contributed by atoms with Gasteiger partial charge in [0.25, 0.3) is 0 Å². The van der Waals surface area contributed by atoms with Gasteiger partial charge in [0.1, 0.15) is 0 Å². The van der Waals surface area contributed by atoms with Crippen LogP contribution in [-0.2, 0) is 4.79 Å². The van der Waals surface area contributed by atoms with Crippen molar-refractivity contribution in [2.75, 3.05) is 5.73 Å². The lowest BCUT2D eigenvalue weighted by Gasteiger charge is -2.07. The highest BCUT2D eigenvalue weighted by atomic mass is 35.5. The number of aromatic nitrogens is 1. The molecule has 1 aromatic heterocycles. The van der Waals surface area contributed by atoms with Crippen molar-refractivity contribution in [3.63, 3.8) is 0 Å². The number of aromatic amines is 1. The molecule has 106 valence electrons. The number of rotatable bonds is 2. The average molecular weight is 301 g/mol. The smallest absolute Gasteiger partial charge is 0.308 e. The summed E-state index contributed by atoms with van der Waals surface area (Å²) in [5.41, 5.74) is 9.33. The number of ether oxygens (including phenoxy) is 1. The average Bonchev–Trinajstić information content (AvgIpc) is 2.80. The summed E-state index contributed by atoms with van der Waals surface area (Å²) in [6, 6.07) is 11.2. The lowest BCUT2D eigenvalue weighted by atomic mass is 10.0. The molecule has 0 aliphatic rings. The van der Waals surface area contributed by atoms with E-state index < -0.39 is 0 Å². The Morgan fingerprint density at radius 2 is 2.05 bits per heavy atom. The summed E-state index contributed by atoms with van der Waals surface area (Å²) in [5.74, 6) is 0.152. The van der Waals surface area contributed by atoms with Crippen molar-refractivity contribution in [3.05, 3.63) is 47.6 Å². The van der Waals surface area contributed by atoms with Crippen LogP contribution in [0.3, 0.4) is 0 Å². The van der Waals surface area contributed by atoms with E-state index in [1.165, 1.54) is 6.92 Å². The van der Waals surface area contributed by atoms with Gasteiger partial charge in [-0.05, 0) is 29.8 Å². The van der Waals surface area contributed by atoms with Crippen LogP contribution in [0.2, 0.25) is 5.02 Å². The summed E-state index contributed by atoms with van der Waals surface area (Å²) in [6.07, 6.45) is 1.67. The molecule has 0 bridgehead atoms. The maximum atomic E-state index is 11.1.